The van der Waals surface area contributed by atoms with E-state index < -0.39 is 0 Å². The summed E-state index contributed by atoms with van der Waals surface area (Å²) in [5, 5.41) is 3.64. The van der Waals surface area contributed by atoms with Gasteiger partial charge in [-0.2, -0.15) is 0 Å². The molecule has 0 bridgehead atoms. The predicted molar refractivity (Wildman–Crippen MR) is 82.6 cm³/mol. The molecule has 0 aromatic carbocycles. The molecule has 0 aliphatic heterocycles. The monoisotopic (exact) mass is 268 g/mol. The Labute approximate surface area is 116 Å². The van der Waals surface area contributed by atoms with Gasteiger partial charge in [0.1, 0.15) is 0 Å². The number of aryl methyl sites for hydroxylation is 1. The molecule has 1 heterocycles. The number of likely N-dealkylation sites (N-methyl/N-ethyl adjacent to an activating group) is 2. The Morgan fingerprint density at radius 3 is 2.28 bits per heavy atom. The van der Waals surface area contributed by atoms with Crippen molar-refractivity contribution in [2.45, 2.75) is 52.1 Å². The fourth-order valence-corrected chi connectivity index (χ4v) is 3.06. The smallest absolute Gasteiger partial charge is 0.0303 e. The number of thiophene rings is 1. The van der Waals surface area contributed by atoms with Crippen LogP contribution in [0.1, 0.15) is 37.4 Å². The zero-order valence-corrected chi connectivity index (χ0v) is 13.5. The number of rotatable bonds is 7. The minimum Gasteiger partial charge on any atom is -0.312 e. The number of hydrogen-bond donors (Lipinski definition) is 1. The van der Waals surface area contributed by atoms with Crippen LogP contribution in [0.2, 0.25) is 0 Å². The third kappa shape index (κ3) is 3.81. The minimum absolute atomic E-state index is 0.159. The molecule has 104 valence electrons. The van der Waals surface area contributed by atoms with Crippen molar-refractivity contribution in [3.05, 3.63) is 21.9 Å². The highest BCUT2D eigenvalue weighted by atomic mass is 32.1. The topological polar surface area (TPSA) is 15.3 Å². The molecule has 1 aromatic heterocycles. The van der Waals surface area contributed by atoms with E-state index in [-0.39, 0.29) is 5.54 Å². The van der Waals surface area contributed by atoms with Gasteiger partial charge in [-0.1, -0.05) is 13.8 Å². The molecule has 0 amide bonds. The Kier molecular flexibility index (Phi) is 5.83. The first-order valence-corrected chi connectivity index (χ1v) is 7.71. The van der Waals surface area contributed by atoms with Crippen molar-refractivity contribution in [2.75, 3.05) is 20.6 Å². The van der Waals surface area contributed by atoms with Crippen LogP contribution in [-0.4, -0.2) is 37.1 Å². The highest BCUT2D eigenvalue weighted by Crippen LogP contribution is 2.24. The molecule has 2 nitrogen and oxygen atoms in total. The summed E-state index contributed by atoms with van der Waals surface area (Å²) < 4.78 is 0. The summed E-state index contributed by atoms with van der Waals surface area (Å²) in [6, 6.07) is 5.05. The van der Waals surface area contributed by atoms with E-state index in [9.17, 15) is 0 Å². The number of hydrogen-bond acceptors (Lipinski definition) is 3. The summed E-state index contributed by atoms with van der Waals surface area (Å²) in [6.07, 6.45) is 2.26. The molecule has 18 heavy (non-hydrogen) atoms. The molecule has 1 aromatic rings. The standard InChI is InChI=1S/C15H28N2S/c1-7-12-9-10-13(18-12)11-14(16-8-2)15(3,4)17(5)6/h9-10,14,16H,7-8,11H2,1-6H3. The Bertz CT molecular complexity index is 355. The molecule has 1 rings (SSSR count). The van der Waals surface area contributed by atoms with Crippen LogP contribution in [0, 0.1) is 0 Å². The first-order valence-electron chi connectivity index (χ1n) is 6.90. The predicted octanol–water partition coefficient (Wildman–Crippen LogP) is 3.17. The Balaban J connectivity index is 2.79. The lowest BCUT2D eigenvalue weighted by Crippen LogP contribution is -2.56. The fourth-order valence-electron chi connectivity index (χ4n) is 2.05. The van der Waals surface area contributed by atoms with Crippen molar-refractivity contribution in [2.24, 2.45) is 0 Å². The van der Waals surface area contributed by atoms with Crippen LogP contribution in [0.25, 0.3) is 0 Å². The van der Waals surface area contributed by atoms with Crippen LogP contribution in [0.3, 0.4) is 0 Å². The molecular formula is C15H28N2S. The number of nitrogens with one attached hydrogen (secondary N) is 1. The molecule has 0 saturated heterocycles. The van der Waals surface area contributed by atoms with Crippen LogP contribution in [0.15, 0.2) is 12.1 Å². The highest BCUT2D eigenvalue weighted by molar-refractivity contribution is 7.11. The summed E-state index contributed by atoms with van der Waals surface area (Å²) in [7, 11) is 4.33. The summed E-state index contributed by atoms with van der Waals surface area (Å²) >= 11 is 1.96. The van der Waals surface area contributed by atoms with Crippen molar-refractivity contribution in [3.63, 3.8) is 0 Å². The van der Waals surface area contributed by atoms with Gasteiger partial charge in [-0.25, -0.2) is 0 Å². The zero-order chi connectivity index (χ0) is 13.8. The number of nitrogens with zero attached hydrogens (tertiary/aromatic N) is 1. The summed E-state index contributed by atoms with van der Waals surface area (Å²) in [4.78, 5) is 5.30. The van der Waals surface area contributed by atoms with Gasteiger partial charge in [0.25, 0.3) is 0 Å². The van der Waals surface area contributed by atoms with Crippen LogP contribution in [-0.2, 0) is 12.8 Å². The van der Waals surface area contributed by atoms with E-state index in [1.54, 1.807) is 0 Å². The lowest BCUT2D eigenvalue weighted by Gasteiger charge is -2.40. The summed E-state index contributed by atoms with van der Waals surface area (Å²) in [5.41, 5.74) is 0.159. The quantitative estimate of drug-likeness (QED) is 0.817. The van der Waals surface area contributed by atoms with Gasteiger partial charge in [-0.3, -0.25) is 0 Å². The summed E-state index contributed by atoms with van der Waals surface area (Å²) in [5.74, 6) is 0. The summed E-state index contributed by atoms with van der Waals surface area (Å²) in [6.45, 7) is 10.1. The van der Waals surface area contributed by atoms with Gasteiger partial charge >= 0.3 is 0 Å². The van der Waals surface area contributed by atoms with Crippen molar-refractivity contribution in [3.8, 4) is 0 Å². The Morgan fingerprint density at radius 2 is 1.83 bits per heavy atom. The third-order valence-electron chi connectivity index (χ3n) is 3.93. The van der Waals surface area contributed by atoms with E-state index in [1.165, 1.54) is 9.75 Å². The molecule has 1 N–H and O–H groups in total. The molecule has 0 fully saturated rings. The van der Waals surface area contributed by atoms with E-state index in [0.717, 1.165) is 19.4 Å². The largest absolute Gasteiger partial charge is 0.312 e. The maximum atomic E-state index is 3.64. The fraction of sp³-hybridized carbons (Fsp3) is 0.733. The first-order chi connectivity index (χ1) is 8.41. The van der Waals surface area contributed by atoms with Gasteiger partial charge in [-0.15, -0.1) is 11.3 Å². The van der Waals surface area contributed by atoms with Gasteiger partial charge in [0, 0.05) is 21.3 Å². The van der Waals surface area contributed by atoms with E-state index >= 15 is 0 Å². The van der Waals surface area contributed by atoms with Crippen LogP contribution in [0.5, 0.6) is 0 Å². The van der Waals surface area contributed by atoms with Gasteiger partial charge in [0.2, 0.25) is 0 Å². The third-order valence-corrected chi connectivity index (χ3v) is 5.18. The second kappa shape index (κ2) is 6.69. The maximum absolute atomic E-state index is 3.64. The highest BCUT2D eigenvalue weighted by Gasteiger charge is 2.31. The van der Waals surface area contributed by atoms with Crippen molar-refractivity contribution in [1.29, 1.82) is 0 Å². The van der Waals surface area contributed by atoms with E-state index in [4.69, 9.17) is 0 Å². The average Bonchev–Trinajstić information content (AvgIpc) is 2.76. The SMILES string of the molecule is CCNC(Cc1ccc(CC)s1)C(C)(C)N(C)C. The molecule has 0 spiro atoms. The van der Waals surface area contributed by atoms with Crippen molar-refractivity contribution < 1.29 is 0 Å². The first kappa shape index (κ1) is 15.7. The van der Waals surface area contributed by atoms with E-state index in [0.29, 0.717) is 6.04 Å². The zero-order valence-electron chi connectivity index (χ0n) is 12.7. The maximum Gasteiger partial charge on any atom is 0.0303 e. The molecule has 0 radical (unpaired) electrons. The second-order valence-electron chi connectivity index (χ2n) is 5.58. The van der Waals surface area contributed by atoms with Crippen molar-refractivity contribution in [1.82, 2.24) is 10.2 Å². The lowest BCUT2D eigenvalue weighted by atomic mass is 9.90. The van der Waals surface area contributed by atoms with Crippen LogP contribution < -0.4 is 5.32 Å². The van der Waals surface area contributed by atoms with E-state index in [1.807, 2.05) is 11.3 Å². The molecule has 1 atom stereocenters. The molecule has 0 aliphatic rings. The Hall–Kier alpha value is -0.380. The van der Waals surface area contributed by atoms with Crippen LogP contribution in [0.4, 0.5) is 0 Å². The molecule has 0 saturated carbocycles. The molecular weight excluding hydrogens is 240 g/mol. The second-order valence-corrected chi connectivity index (χ2v) is 6.84. The lowest BCUT2D eigenvalue weighted by molar-refractivity contribution is 0.138. The van der Waals surface area contributed by atoms with Gasteiger partial charge in [0.05, 0.1) is 0 Å². The van der Waals surface area contributed by atoms with Gasteiger partial charge in [0.15, 0.2) is 0 Å². The minimum atomic E-state index is 0.159. The normalized spacial score (nSPS) is 14.2. The van der Waals surface area contributed by atoms with E-state index in [2.05, 4.69) is 64.1 Å². The molecule has 0 aliphatic carbocycles. The van der Waals surface area contributed by atoms with Gasteiger partial charge in [-0.05, 0) is 59.5 Å². The molecule has 1 unspecified atom stereocenters. The molecule has 3 heteroatoms. The van der Waals surface area contributed by atoms with Gasteiger partial charge < -0.3 is 10.2 Å². The average molecular weight is 268 g/mol. The van der Waals surface area contributed by atoms with Crippen LogP contribution >= 0.6 is 11.3 Å². The Morgan fingerprint density at radius 1 is 1.22 bits per heavy atom. The van der Waals surface area contributed by atoms with Crippen molar-refractivity contribution >= 4 is 11.3 Å².